The average molecular weight is 286 g/mol. The molecule has 1 aromatic carbocycles. The first-order valence-corrected chi connectivity index (χ1v) is 7.08. The lowest BCUT2D eigenvalue weighted by Crippen LogP contribution is -2.03. The molecule has 2 aliphatic rings. The summed E-state index contributed by atoms with van der Waals surface area (Å²) in [6, 6.07) is 3.39. The zero-order chi connectivity index (χ0) is 13.1. The number of nitrogens with one attached hydrogen (secondary N) is 1. The van der Waals surface area contributed by atoms with Gasteiger partial charge < -0.3 is 5.32 Å². The van der Waals surface area contributed by atoms with Crippen LogP contribution in [0.4, 0.5) is 0 Å². The number of fused-ring (bicyclic) bond motifs is 1. The lowest BCUT2D eigenvalue weighted by atomic mass is 10.1. The molecule has 0 bridgehead atoms. The highest BCUT2D eigenvalue weighted by Gasteiger charge is 2.28. The molecular weight excluding hydrogens is 269 g/mol. The van der Waals surface area contributed by atoms with Crippen LogP contribution in [-0.2, 0) is 6.42 Å². The molecule has 1 unspecified atom stereocenters. The zero-order valence-electron chi connectivity index (χ0n) is 10.4. The fourth-order valence-corrected chi connectivity index (χ4v) is 2.89. The Balaban J connectivity index is 0.000000202. The van der Waals surface area contributed by atoms with Gasteiger partial charge in [0.15, 0.2) is 5.78 Å². The van der Waals surface area contributed by atoms with E-state index in [1.807, 2.05) is 6.92 Å². The van der Waals surface area contributed by atoms with Crippen LogP contribution in [0, 0.1) is 5.92 Å². The predicted molar refractivity (Wildman–Crippen MR) is 75.8 cm³/mol. The van der Waals surface area contributed by atoms with Crippen LogP contribution >= 0.6 is 23.2 Å². The van der Waals surface area contributed by atoms with Crippen molar-refractivity contribution in [1.82, 2.24) is 5.32 Å². The molecule has 1 heterocycles. The van der Waals surface area contributed by atoms with Crippen molar-refractivity contribution in [3.05, 3.63) is 33.3 Å². The van der Waals surface area contributed by atoms with E-state index in [9.17, 15) is 4.79 Å². The smallest absolute Gasteiger partial charge is 0.166 e. The third-order valence-corrected chi connectivity index (χ3v) is 3.90. The van der Waals surface area contributed by atoms with Crippen LogP contribution in [-0.4, -0.2) is 18.9 Å². The predicted octanol–water partition coefficient (Wildman–Crippen LogP) is 3.74. The molecule has 1 N–H and O–H groups in total. The summed E-state index contributed by atoms with van der Waals surface area (Å²) in [5.74, 6) is 0.199. The quantitative estimate of drug-likeness (QED) is 0.787. The molecule has 0 amide bonds. The van der Waals surface area contributed by atoms with Gasteiger partial charge in [0, 0.05) is 21.5 Å². The molecular formula is C14H17Cl2NO. The minimum Gasteiger partial charge on any atom is -0.317 e. The summed E-state index contributed by atoms with van der Waals surface area (Å²) in [5, 5.41) is 4.37. The zero-order valence-corrected chi connectivity index (χ0v) is 11.9. The average Bonchev–Trinajstić information content (AvgIpc) is 2.96. The number of hydrogen-bond donors (Lipinski definition) is 1. The van der Waals surface area contributed by atoms with E-state index in [0.29, 0.717) is 15.6 Å². The van der Waals surface area contributed by atoms with Gasteiger partial charge in [-0.3, -0.25) is 4.79 Å². The molecule has 1 saturated heterocycles. The number of halogens is 2. The van der Waals surface area contributed by atoms with Crippen molar-refractivity contribution < 1.29 is 4.79 Å². The van der Waals surface area contributed by atoms with E-state index >= 15 is 0 Å². The Hall–Kier alpha value is -0.570. The Morgan fingerprint density at radius 2 is 1.89 bits per heavy atom. The van der Waals surface area contributed by atoms with Crippen LogP contribution in [0.2, 0.25) is 10.0 Å². The standard InChI is InChI=1S/C10H8Cl2O.C4H9N/c1-5-2-7-8(10(5)13)3-6(11)4-9(7)12;1-2-4-5-3-1/h3-5H,2H2,1H3;5H,1-4H2. The molecule has 1 aliphatic carbocycles. The highest BCUT2D eigenvalue weighted by atomic mass is 35.5. The summed E-state index contributed by atoms with van der Waals surface area (Å²) in [7, 11) is 0. The van der Waals surface area contributed by atoms with Crippen molar-refractivity contribution in [2.24, 2.45) is 5.92 Å². The van der Waals surface area contributed by atoms with Gasteiger partial charge in [0.05, 0.1) is 0 Å². The van der Waals surface area contributed by atoms with E-state index in [1.54, 1.807) is 12.1 Å². The molecule has 1 aliphatic heterocycles. The van der Waals surface area contributed by atoms with E-state index in [1.165, 1.54) is 25.9 Å². The maximum atomic E-state index is 11.6. The lowest BCUT2D eigenvalue weighted by molar-refractivity contribution is 0.0946. The Morgan fingerprint density at radius 3 is 2.44 bits per heavy atom. The summed E-state index contributed by atoms with van der Waals surface area (Å²) in [6.45, 7) is 4.41. The fourth-order valence-electron chi connectivity index (χ4n) is 2.32. The minimum absolute atomic E-state index is 0.0472. The van der Waals surface area contributed by atoms with Crippen molar-refractivity contribution in [2.75, 3.05) is 13.1 Å². The minimum atomic E-state index is 0.0472. The van der Waals surface area contributed by atoms with Gasteiger partial charge in [-0.15, -0.1) is 0 Å². The molecule has 3 rings (SSSR count). The number of benzene rings is 1. The van der Waals surface area contributed by atoms with Crippen LogP contribution in [0.25, 0.3) is 0 Å². The van der Waals surface area contributed by atoms with Gasteiger partial charge in [-0.2, -0.15) is 0 Å². The Morgan fingerprint density at radius 1 is 1.22 bits per heavy atom. The van der Waals surface area contributed by atoms with Crippen LogP contribution < -0.4 is 5.32 Å². The maximum Gasteiger partial charge on any atom is 0.166 e. The van der Waals surface area contributed by atoms with Crippen LogP contribution in [0.5, 0.6) is 0 Å². The van der Waals surface area contributed by atoms with Gasteiger partial charge >= 0.3 is 0 Å². The third-order valence-electron chi connectivity index (χ3n) is 3.34. The molecule has 0 radical (unpaired) electrons. The summed E-state index contributed by atoms with van der Waals surface area (Å²) in [4.78, 5) is 11.6. The number of ketones is 1. The lowest BCUT2D eigenvalue weighted by Gasteiger charge is -2.00. The van der Waals surface area contributed by atoms with E-state index in [0.717, 1.165) is 12.0 Å². The summed E-state index contributed by atoms with van der Waals surface area (Å²) >= 11 is 11.8. The number of rotatable bonds is 0. The van der Waals surface area contributed by atoms with Crippen molar-refractivity contribution in [2.45, 2.75) is 26.2 Å². The van der Waals surface area contributed by atoms with E-state index < -0.39 is 0 Å². The topological polar surface area (TPSA) is 29.1 Å². The fraction of sp³-hybridized carbons (Fsp3) is 0.500. The Bertz CT molecular complexity index is 448. The molecule has 98 valence electrons. The van der Waals surface area contributed by atoms with E-state index in [2.05, 4.69) is 5.32 Å². The largest absolute Gasteiger partial charge is 0.317 e. The van der Waals surface area contributed by atoms with Crippen LogP contribution in [0.15, 0.2) is 12.1 Å². The molecule has 0 aromatic heterocycles. The maximum absolute atomic E-state index is 11.6. The van der Waals surface area contributed by atoms with Crippen molar-refractivity contribution in [1.29, 1.82) is 0 Å². The number of hydrogen-bond acceptors (Lipinski definition) is 2. The van der Waals surface area contributed by atoms with Crippen molar-refractivity contribution >= 4 is 29.0 Å². The second-order valence-corrected chi connectivity index (χ2v) is 5.68. The Labute approximate surface area is 118 Å². The first kappa shape index (κ1) is 13.9. The summed E-state index contributed by atoms with van der Waals surface area (Å²) < 4.78 is 0. The van der Waals surface area contributed by atoms with E-state index in [4.69, 9.17) is 23.2 Å². The molecule has 1 aromatic rings. The molecule has 0 spiro atoms. The first-order chi connectivity index (χ1) is 8.59. The van der Waals surface area contributed by atoms with Crippen molar-refractivity contribution in [3.63, 3.8) is 0 Å². The van der Waals surface area contributed by atoms with Gasteiger partial charge in [0.2, 0.25) is 0 Å². The molecule has 2 nitrogen and oxygen atoms in total. The van der Waals surface area contributed by atoms with Gasteiger partial charge in [0.25, 0.3) is 0 Å². The molecule has 1 fully saturated rings. The summed E-state index contributed by atoms with van der Waals surface area (Å²) in [5.41, 5.74) is 1.65. The normalized spacial score (nSPS) is 21.5. The molecule has 4 heteroatoms. The number of Topliss-reactive ketones (excluding diaryl/α,β-unsaturated/α-hetero) is 1. The second-order valence-electron chi connectivity index (χ2n) is 4.84. The molecule has 18 heavy (non-hydrogen) atoms. The van der Waals surface area contributed by atoms with Crippen LogP contribution in [0.3, 0.4) is 0 Å². The second kappa shape index (κ2) is 6.05. The van der Waals surface area contributed by atoms with Crippen LogP contribution in [0.1, 0.15) is 35.7 Å². The highest BCUT2D eigenvalue weighted by molar-refractivity contribution is 6.36. The van der Waals surface area contributed by atoms with Crippen molar-refractivity contribution in [3.8, 4) is 0 Å². The van der Waals surface area contributed by atoms with E-state index in [-0.39, 0.29) is 11.7 Å². The third kappa shape index (κ3) is 3.05. The van der Waals surface area contributed by atoms with Gasteiger partial charge in [-0.05, 0) is 50.0 Å². The Kier molecular flexibility index (Phi) is 4.66. The van der Waals surface area contributed by atoms with Gasteiger partial charge in [-0.1, -0.05) is 30.1 Å². The highest BCUT2D eigenvalue weighted by Crippen LogP contribution is 2.34. The first-order valence-electron chi connectivity index (χ1n) is 6.32. The van der Waals surface area contributed by atoms with Gasteiger partial charge in [0.1, 0.15) is 0 Å². The monoisotopic (exact) mass is 285 g/mol. The van der Waals surface area contributed by atoms with Gasteiger partial charge in [-0.25, -0.2) is 0 Å². The molecule has 0 saturated carbocycles. The number of carbonyl (C=O) groups excluding carboxylic acids is 1. The molecule has 1 atom stereocenters. The number of carbonyl (C=O) groups is 1. The summed E-state index contributed by atoms with van der Waals surface area (Å²) in [6.07, 6.45) is 3.52. The SMILES string of the molecule is C1CCNC1.CC1Cc2c(Cl)cc(Cl)cc2C1=O.